The highest BCUT2D eigenvalue weighted by atomic mass is 32.1. The summed E-state index contributed by atoms with van der Waals surface area (Å²) in [7, 11) is 0. The van der Waals surface area contributed by atoms with E-state index in [2.05, 4.69) is 24.0 Å². The van der Waals surface area contributed by atoms with Crippen LogP contribution in [0.15, 0.2) is 59.2 Å². The lowest BCUT2D eigenvalue weighted by Crippen LogP contribution is -2.38. The van der Waals surface area contributed by atoms with Crippen LogP contribution in [-0.4, -0.2) is 33.3 Å². The Morgan fingerprint density at radius 1 is 1.27 bits per heavy atom. The van der Waals surface area contributed by atoms with Gasteiger partial charge in [-0.15, -0.1) is 11.3 Å². The fourth-order valence-corrected chi connectivity index (χ4v) is 4.05. The monoisotopic (exact) mass is 365 g/mol. The third-order valence-electron chi connectivity index (χ3n) is 4.63. The first-order chi connectivity index (χ1) is 12.6. The highest BCUT2D eigenvalue weighted by Crippen LogP contribution is 2.19. The van der Waals surface area contributed by atoms with E-state index in [1.807, 2.05) is 24.3 Å². The minimum absolute atomic E-state index is 0.138. The SMILES string of the molecule is CC1=CCN(C(=O)c2cnc3sc(Cc4ccccc4)cn3c2=O)CC1. The summed E-state index contributed by atoms with van der Waals surface area (Å²) in [6, 6.07) is 10.1. The molecule has 1 aliphatic rings. The van der Waals surface area contributed by atoms with E-state index in [1.54, 1.807) is 11.1 Å². The van der Waals surface area contributed by atoms with Crippen LogP contribution in [0.3, 0.4) is 0 Å². The molecule has 1 aromatic carbocycles. The van der Waals surface area contributed by atoms with Gasteiger partial charge in [0.05, 0.1) is 0 Å². The minimum Gasteiger partial charge on any atom is -0.334 e. The van der Waals surface area contributed by atoms with E-state index < -0.39 is 0 Å². The number of aromatic nitrogens is 2. The Kier molecular flexibility index (Phi) is 4.42. The maximum Gasteiger partial charge on any atom is 0.271 e. The lowest BCUT2D eigenvalue weighted by Gasteiger charge is -2.25. The van der Waals surface area contributed by atoms with Crippen molar-refractivity contribution in [3.63, 3.8) is 0 Å². The molecule has 6 heteroatoms. The van der Waals surface area contributed by atoms with Gasteiger partial charge < -0.3 is 4.90 Å². The summed E-state index contributed by atoms with van der Waals surface area (Å²) in [6.07, 6.45) is 6.86. The van der Waals surface area contributed by atoms with E-state index in [0.717, 1.165) is 17.7 Å². The number of hydrogen-bond acceptors (Lipinski definition) is 4. The topological polar surface area (TPSA) is 54.7 Å². The quantitative estimate of drug-likeness (QED) is 0.670. The van der Waals surface area contributed by atoms with E-state index in [4.69, 9.17) is 0 Å². The van der Waals surface area contributed by atoms with Gasteiger partial charge in [-0.05, 0) is 18.9 Å². The van der Waals surface area contributed by atoms with Crippen molar-refractivity contribution < 1.29 is 4.79 Å². The van der Waals surface area contributed by atoms with Gasteiger partial charge in [0.15, 0.2) is 4.96 Å². The number of thiazole rings is 1. The molecule has 1 aliphatic heterocycles. The second kappa shape index (κ2) is 6.88. The Bertz CT molecular complexity index is 1050. The normalized spacial score (nSPS) is 14.5. The molecule has 0 unspecified atom stereocenters. The number of benzene rings is 1. The molecular weight excluding hydrogens is 346 g/mol. The molecule has 5 nitrogen and oxygen atoms in total. The fourth-order valence-electron chi connectivity index (χ4n) is 3.08. The number of carbonyl (C=O) groups is 1. The summed E-state index contributed by atoms with van der Waals surface area (Å²) in [5, 5.41) is 0. The van der Waals surface area contributed by atoms with Crippen LogP contribution in [-0.2, 0) is 6.42 Å². The van der Waals surface area contributed by atoms with Gasteiger partial charge in [0.25, 0.3) is 11.5 Å². The molecule has 2 aromatic heterocycles. The zero-order valence-corrected chi connectivity index (χ0v) is 15.3. The number of amides is 1. The van der Waals surface area contributed by atoms with Crippen LogP contribution in [0.25, 0.3) is 4.96 Å². The first kappa shape index (κ1) is 16.7. The molecule has 0 atom stereocenters. The van der Waals surface area contributed by atoms with E-state index in [0.29, 0.717) is 18.1 Å². The molecule has 3 heterocycles. The molecule has 0 saturated carbocycles. The van der Waals surface area contributed by atoms with Crippen LogP contribution in [0.4, 0.5) is 0 Å². The Morgan fingerprint density at radius 3 is 2.81 bits per heavy atom. The molecule has 0 saturated heterocycles. The molecule has 1 amide bonds. The van der Waals surface area contributed by atoms with Gasteiger partial charge in [0.2, 0.25) is 0 Å². The van der Waals surface area contributed by atoms with Crippen molar-refractivity contribution in [3.8, 4) is 0 Å². The summed E-state index contributed by atoms with van der Waals surface area (Å²) in [5.74, 6) is -0.239. The first-order valence-electron chi connectivity index (χ1n) is 8.61. The standard InChI is InChI=1S/C20H19N3O2S/c1-14-7-9-22(10-8-14)18(24)17-12-21-20-23(19(17)25)13-16(26-20)11-15-5-3-2-4-6-15/h2-7,12-13H,8-11H2,1H3. The Hall–Kier alpha value is -2.73. The van der Waals surface area contributed by atoms with Crippen LogP contribution in [0.1, 0.15) is 34.1 Å². The molecule has 26 heavy (non-hydrogen) atoms. The summed E-state index contributed by atoms with van der Waals surface area (Å²) in [4.78, 5) is 33.2. The van der Waals surface area contributed by atoms with Crippen LogP contribution in [0.5, 0.6) is 0 Å². The van der Waals surface area contributed by atoms with E-state index in [1.165, 1.54) is 33.1 Å². The molecular formula is C20H19N3O2S. The van der Waals surface area contributed by atoms with Gasteiger partial charge in [-0.25, -0.2) is 4.98 Å². The van der Waals surface area contributed by atoms with Crippen LogP contribution in [0.2, 0.25) is 0 Å². The number of carbonyl (C=O) groups excluding carboxylic acids is 1. The average molecular weight is 365 g/mol. The molecule has 0 spiro atoms. The third-order valence-corrected chi connectivity index (χ3v) is 5.63. The predicted octanol–water partition coefficient (Wildman–Crippen LogP) is 3.14. The third kappa shape index (κ3) is 3.20. The summed E-state index contributed by atoms with van der Waals surface area (Å²) in [5.41, 5.74) is 2.31. The lowest BCUT2D eigenvalue weighted by atomic mass is 10.1. The van der Waals surface area contributed by atoms with Gasteiger partial charge in [0, 0.05) is 36.8 Å². The van der Waals surface area contributed by atoms with E-state index in [9.17, 15) is 9.59 Å². The van der Waals surface area contributed by atoms with Crippen LogP contribution < -0.4 is 5.56 Å². The van der Waals surface area contributed by atoms with Crippen molar-refractivity contribution >= 4 is 22.2 Å². The summed E-state index contributed by atoms with van der Waals surface area (Å²) >= 11 is 1.48. The molecule has 3 aromatic rings. The number of fused-ring (bicyclic) bond motifs is 1. The zero-order chi connectivity index (χ0) is 18.1. The van der Waals surface area contributed by atoms with Crippen molar-refractivity contribution in [2.75, 3.05) is 13.1 Å². The zero-order valence-electron chi connectivity index (χ0n) is 14.5. The second-order valence-electron chi connectivity index (χ2n) is 6.54. The Morgan fingerprint density at radius 2 is 2.08 bits per heavy atom. The maximum atomic E-state index is 12.8. The molecule has 0 radical (unpaired) electrons. The highest BCUT2D eigenvalue weighted by Gasteiger charge is 2.22. The summed E-state index contributed by atoms with van der Waals surface area (Å²) in [6.45, 7) is 3.26. The highest BCUT2D eigenvalue weighted by molar-refractivity contribution is 7.17. The second-order valence-corrected chi connectivity index (χ2v) is 7.63. The molecule has 0 aliphatic carbocycles. The molecule has 4 rings (SSSR count). The van der Waals surface area contributed by atoms with E-state index in [-0.39, 0.29) is 17.0 Å². The Balaban J connectivity index is 1.64. The average Bonchev–Trinajstić information content (AvgIpc) is 3.06. The Labute approximate surface area is 155 Å². The molecule has 0 fully saturated rings. The van der Waals surface area contributed by atoms with Crippen molar-refractivity contribution in [1.82, 2.24) is 14.3 Å². The van der Waals surface area contributed by atoms with Crippen LogP contribution >= 0.6 is 11.3 Å². The van der Waals surface area contributed by atoms with Crippen molar-refractivity contribution in [1.29, 1.82) is 0 Å². The van der Waals surface area contributed by atoms with Gasteiger partial charge in [-0.3, -0.25) is 14.0 Å². The van der Waals surface area contributed by atoms with Gasteiger partial charge in [0.1, 0.15) is 5.56 Å². The van der Waals surface area contributed by atoms with Gasteiger partial charge in [-0.2, -0.15) is 0 Å². The maximum absolute atomic E-state index is 12.8. The largest absolute Gasteiger partial charge is 0.334 e. The van der Waals surface area contributed by atoms with Crippen molar-refractivity contribution in [3.05, 3.63) is 80.7 Å². The lowest BCUT2D eigenvalue weighted by molar-refractivity contribution is 0.0766. The number of rotatable bonds is 3. The van der Waals surface area contributed by atoms with Gasteiger partial charge >= 0.3 is 0 Å². The number of nitrogens with zero attached hydrogens (tertiary/aromatic N) is 3. The minimum atomic E-state index is -0.290. The van der Waals surface area contributed by atoms with Gasteiger partial charge in [-0.1, -0.05) is 42.0 Å². The smallest absolute Gasteiger partial charge is 0.271 e. The molecule has 0 N–H and O–H groups in total. The fraction of sp³-hybridized carbons (Fsp3) is 0.250. The van der Waals surface area contributed by atoms with Crippen molar-refractivity contribution in [2.24, 2.45) is 0 Å². The predicted molar refractivity (Wildman–Crippen MR) is 103 cm³/mol. The number of hydrogen-bond donors (Lipinski definition) is 0. The van der Waals surface area contributed by atoms with E-state index >= 15 is 0 Å². The van der Waals surface area contributed by atoms with Crippen LogP contribution in [0, 0.1) is 0 Å². The molecule has 132 valence electrons. The summed E-state index contributed by atoms with van der Waals surface area (Å²) < 4.78 is 1.50. The molecule has 0 bridgehead atoms. The van der Waals surface area contributed by atoms with Crippen molar-refractivity contribution in [2.45, 2.75) is 19.8 Å². The first-order valence-corrected chi connectivity index (χ1v) is 9.42.